The molecule has 0 aliphatic rings. The van der Waals surface area contributed by atoms with Crippen LogP contribution in [-0.2, 0) is 11.2 Å². The van der Waals surface area contributed by atoms with Crippen LogP contribution in [0, 0.1) is 0 Å². The van der Waals surface area contributed by atoms with E-state index in [2.05, 4.69) is 15.5 Å². The van der Waals surface area contributed by atoms with Gasteiger partial charge in [-0.25, -0.2) is 0 Å². The monoisotopic (exact) mass is 327 g/mol. The van der Waals surface area contributed by atoms with E-state index in [9.17, 15) is 4.79 Å². The highest BCUT2D eigenvalue weighted by molar-refractivity contribution is 7.15. The SMILES string of the molecule is COc1ccc(Cc2nnc(NC(=O)CCl)s2)cc1OC. The van der Waals surface area contributed by atoms with Crippen LogP contribution in [0.2, 0.25) is 0 Å². The van der Waals surface area contributed by atoms with Crippen LogP contribution in [0.5, 0.6) is 11.5 Å². The number of carbonyl (C=O) groups excluding carboxylic acids is 1. The lowest BCUT2D eigenvalue weighted by Gasteiger charge is -2.08. The van der Waals surface area contributed by atoms with Crippen LogP contribution in [-0.4, -0.2) is 36.2 Å². The third-order valence-electron chi connectivity index (χ3n) is 2.64. The third-order valence-corrected chi connectivity index (χ3v) is 3.72. The van der Waals surface area contributed by atoms with Crippen molar-refractivity contribution in [1.29, 1.82) is 0 Å². The van der Waals surface area contributed by atoms with E-state index < -0.39 is 0 Å². The second kappa shape index (κ2) is 7.24. The molecule has 1 aromatic heterocycles. The Morgan fingerprint density at radius 3 is 2.71 bits per heavy atom. The Balaban J connectivity index is 2.09. The molecule has 0 atom stereocenters. The van der Waals surface area contributed by atoms with Gasteiger partial charge in [-0.3, -0.25) is 10.1 Å². The number of hydrogen-bond donors (Lipinski definition) is 1. The fourth-order valence-corrected chi connectivity index (χ4v) is 2.55. The zero-order chi connectivity index (χ0) is 15.2. The molecule has 0 saturated heterocycles. The van der Waals surface area contributed by atoms with Crippen molar-refractivity contribution in [3.05, 3.63) is 28.8 Å². The Hall–Kier alpha value is -1.86. The molecule has 1 N–H and O–H groups in total. The Morgan fingerprint density at radius 1 is 1.29 bits per heavy atom. The van der Waals surface area contributed by atoms with Crippen molar-refractivity contribution in [2.45, 2.75) is 6.42 Å². The average Bonchev–Trinajstić information content (AvgIpc) is 2.93. The van der Waals surface area contributed by atoms with Gasteiger partial charge in [0.25, 0.3) is 0 Å². The Bertz CT molecular complexity index is 633. The number of benzene rings is 1. The van der Waals surface area contributed by atoms with Gasteiger partial charge in [-0.05, 0) is 17.7 Å². The molecule has 0 fully saturated rings. The maximum atomic E-state index is 11.2. The minimum absolute atomic E-state index is 0.107. The summed E-state index contributed by atoms with van der Waals surface area (Å²) in [6.07, 6.45) is 0.592. The molecule has 2 rings (SSSR count). The van der Waals surface area contributed by atoms with Crippen molar-refractivity contribution in [2.24, 2.45) is 0 Å². The number of nitrogens with one attached hydrogen (secondary N) is 1. The van der Waals surface area contributed by atoms with Gasteiger partial charge in [0.05, 0.1) is 14.2 Å². The van der Waals surface area contributed by atoms with Gasteiger partial charge in [-0.2, -0.15) is 0 Å². The van der Waals surface area contributed by atoms with E-state index in [-0.39, 0.29) is 11.8 Å². The smallest absolute Gasteiger partial charge is 0.241 e. The first kappa shape index (κ1) is 15.5. The molecular formula is C13H14ClN3O3S. The second-order valence-electron chi connectivity index (χ2n) is 4.05. The van der Waals surface area contributed by atoms with E-state index in [0.717, 1.165) is 10.6 Å². The zero-order valence-electron chi connectivity index (χ0n) is 11.6. The number of methoxy groups -OCH3 is 2. The summed E-state index contributed by atoms with van der Waals surface area (Å²) in [6, 6.07) is 5.66. The molecule has 0 saturated carbocycles. The molecule has 0 unspecified atom stereocenters. The molecule has 0 spiro atoms. The molecule has 1 amide bonds. The molecule has 21 heavy (non-hydrogen) atoms. The van der Waals surface area contributed by atoms with Gasteiger partial charge in [0.1, 0.15) is 10.9 Å². The van der Waals surface area contributed by atoms with E-state index in [4.69, 9.17) is 21.1 Å². The molecule has 6 nitrogen and oxygen atoms in total. The number of aromatic nitrogens is 2. The molecule has 1 heterocycles. The fraction of sp³-hybridized carbons (Fsp3) is 0.308. The Labute approximate surface area is 131 Å². The highest BCUT2D eigenvalue weighted by Gasteiger charge is 2.10. The lowest BCUT2D eigenvalue weighted by atomic mass is 10.1. The van der Waals surface area contributed by atoms with E-state index in [1.165, 1.54) is 11.3 Å². The number of rotatable bonds is 6. The largest absolute Gasteiger partial charge is 0.493 e. The number of carbonyl (C=O) groups is 1. The van der Waals surface area contributed by atoms with Crippen molar-refractivity contribution in [2.75, 3.05) is 25.4 Å². The average molecular weight is 328 g/mol. The van der Waals surface area contributed by atoms with Crippen molar-refractivity contribution >= 4 is 34.0 Å². The quantitative estimate of drug-likeness (QED) is 0.824. The van der Waals surface area contributed by atoms with E-state index in [0.29, 0.717) is 23.1 Å². The molecule has 1 aromatic carbocycles. The molecule has 8 heteroatoms. The molecule has 0 radical (unpaired) electrons. The predicted octanol–water partition coefficient (Wildman–Crippen LogP) is 2.32. The predicted molar refractivity (Wildman–Crippen MR) is 81.6 cm³/mol. The van der Waals surface area contributed by atoms with Crippen LogP contribution in [0.25, 0.3) is 0 Å². The Morgan fingerprint density at radius 2 is 2.05 bits per heavy atom. The molecule has 0 bridgehead atoms. The highest BCUT2D eigenvalue weighted by Crippen LogP contribution is 2.29. The van der Waals surface area contributed by atoms with E-state index in [1.807, 2.05) is 18.2 Å². The molecule has 0 aliphatic carbocycles. The van der Waals surface area contributed by atoms with Crippen LogP contribution in [0.1, 0.15) is 10.6 Å². The normalized spacial score (nSPS) is 10.2. The summed E-state index contributed by atoms with van der Waals surface area (Å²) < 4.78 is 10.4. The van der Waals surface area contributed by atoms with Crippen LogP contribution in [0.3, 0.4) is 0 Å². The standard InChI is InChI=1S/C13H14ClN3O3S/c1-19-9-4-3-8(5-10(9)20-2)6-12-16-17-13(21-12)15-11(18)7-14/h3-5H,6-7H2,1-2H3,(H,15,17,18). The minimum Gasteiger partial charge on any atom is -0.493 e. The Kier molecular flexibility index (Phi) is 5.35. The highest BCUT2D eigenvalue weighted by atomic mass is 35.5. The molecule has 2 aromatic rings. The summed E-state index contributed by atoms with van der Waals surface area (Å²) in [5, 5.41) is 11.7. The minimum atomic E-state index is -0.300. The molecular weight excluding hydrogens is 314 g/mol. The van der Waals surface area contributed by atoms with Gasteiger partial charge in [0.2, 0.25) is 11.0 Å². The first-order valence-corrected chi connectivity index (χ1v) is 7.40. The maximum Gasteiger partial charge on any atom is 0.241 e. The lowest BCUT2D eigenvalue weighted by molar-refractivity contribution is -0.113. The van der Waals surface area contributed by atoms with Gasteiger partial charge < -0.3 is 9.47 Å². The fourth-order valence-electron chi connectivity index (χ4n) is 1.69. The van der Waals surface area contributed by atoms with Crippen LogP contribution < -0.4 is 14.8 Å². The number of amides is 1. The summed E-state index contributed by atoms with van der Waals surface area (Å²) >= 11 is 6.73. The summed E-state index contributed by atoms with van der Waals surface area (Å²) in [4.78, 5) is 11.2. The molecule has 0 aliphatic heterocycles. The van der Waals surface area contributed by atoms with E-state index in [1.54, 1.807) is 14.2 Å². The van der Waals surface area contributed by atoms with Gasteiger partial charge >= 0.3 is 0 Å². The summed E-state index contributed by atoms with van der Waals surface area (Å²) in [6.45, 7) is 0. The lowest BCUT2D eigenvalue weighted by Crippen LogP contribution is -2.12. The summed E-state index contributed by atoms with van der Waals surface area (Å²) in [7, 11) is 3.18. The maximum absolute atomic E-state index is 11.2. The number of ether oxygens (including phenoxy) is 2. The van der Waals surface area contributed by atoms with Gasteiger partial charge in [-0.15, -0.1) is 21.8 Å². The number of alkyl halides is 1. The first-order chi connectivity index (χ1) is 10.2. The van der Waals surface area contributed by atoms with Crippen molar-refractivity contribution in [3.8, 4) is 11.5 Å². The van der Waals surface area contributed by atoms with Crippen molar-refractivity contribution in [3.63, 3.8) is 0 Å². The number of halogens is 1. The summed E-state index contributed by atoms with van der Waals surface area (Å²) in [5.74, 6) is 0.930. The van der Waals surface area contributed by atoms with Crippen LogP contribution in [0.4, 0.5) is 5.13 Å². The topological polar surface area (TPSA) is 73.3 Å². The van der Waals surface area contributed by atoms with Gasteiger partial charge in [0.15, 0.2) is 11.5 Å². The van der Waals surface area contributed by atoms with Crippen molar-refractivity contribution < 1.29 is 14.3 Å². The van der Waals surface area contributed by atoms with Crippen LogP contribution >= 0.6 is 22.9 Å². The molecule has 112 valence electrons. The zero-order valence-corrected chi connectivity index (χ0v) is 13.1. The number of hydrogen-bond acceptors (Lipinski definition) is 6. The van der Waals surface area contributed by atoms with Crippen molar-refractivity contribution in [1.82, 2.24) is 10.2 Å². The van der Waals surface area contributed by atoms with Crippen LogP contribution in [0.15, 0.2) is 18.2 Å². The third kappa shape index (κ3) is 4.05. The van der Waals surface area contributed by atoms with Gasteiger partial charge in [0, 0.05) is 6.42 Å². The van der Waals surface area contributed by atoms with E-state index >= 15 is 0 Å². The number of anilines is 1. The second-order valence-corrected chi connectivity index (χ2v) is 5.38. The first-order valence-electron chi connectivity index (χ1n) is 6.05. The summed E-state index contributed by atoms with van der Waals surface area (Å²) in [5.41, 5.74) is 1.01. The van der Waals surface area contributed by atoms with Gasteiger partial charge in [-0.1, -0.05) is 17.4 Å². The number of nitrogens with zero attached hydrogens (tertiary/aromatic N) is 2.